The lowest BCUT2D eigenvalue weighted by Crippen LogP contribution is -2.14. The molecule has 0 atom stereocenters. The highest BCUT2D eigenvalue weighted by molar-refractivity contribution is 6.33. The monoisotopic (exact) mass is 293 g/mol. The largest absolute Gasteiger partial charge is 0.366 e. The predicted molar refractivity (Wildman–Crippen MR) is 72.1 cm³/mol. The summed E-state index contributed by atoms with van der Waals surface area (Å²) >= 11 is 5.72. The minimum atomic E-state index is -0.663. The molecule has 0 aliphatic rings. The van der Waals surface area contributed by atoms with E-state index >= 15 is 0 Å². The highest BCUT2D eigenvalue weighted by Crippen LogP contribution is 2.16. The Balaban J connectivity index is 2.19. The average Bonchev–Trinajstić information content (AvgIpc) is 2.42. The third-order valence-corrected chi connectivity index (χ3v) is 2.78. The smallest absolute Gasteiger partial charge is 0.258 e. The van der Waals surface area contributed by atoms with Gasteiger partial charge in [0.15, 0.2) is 0 Å². The molecule has 102 valence electrons. The fourth-order valence-electron chi connectivity index (χ4n) is 1.50. The minimum absolute atomic E-state index is 0.0781. The molecular formula is C13H9ClFN3O2. The fraction of sp³-hybridized carbons (Fsp3) is 0. The van der Waals surface area contributed by atoms with Crippen molar-refractivity contribution in [2.24, 2.45) is 5.73 Å². The van der Waals surface area contributed by atoms with Crippen LogP contribution >= 0.6 is 11.6 Å². The van der Waals surface area contributed by atoms with Crippen LogP contribution in [0.2, 0.25) is 5.15 Å². The maximum absolute atomic E-state index is 13.0. The Morgan fingerprint density at radius 3 is 2.50 bits per heavy atom. The zero-order valence-corrected chi connectivity index (χ0v) is 10.8. The van der Waals surface area contributed by atoms with E-state index in [1.165, 1.54) is 24.3 Å². The molecule has 2 amide bonds. The standard InChI is InChI=1S/C13H9ClFN3O2/c14-11-10(5-8(15)6-17-11)13(20)18-9-3-1-7(2-4-9)12(16)19/h1-6H,(H2,16,19)(H,18,20). The van der Waals surface area contributed by atoms with Gasteiger partial charge < -0.3 is 11.1 Å². The zero-order chi connectivity index (χ0) is 14.7. The Morgan fingerprint density at radius 1 is 1.25 bits per heavy atom. The molecule has 20 heavy (non-hydrogen) atoms. The van der Waals surface area contributed by atoms with E-state index in [9.17, 15) is 14.0 Å². The number of rotatable bonds is 3. The molecule has 0 saturated carbocycles. The lowest BCUT2D eigenvalue weighted by molar-refractivity contribution is 0.0998. The summed E-state index contributed by atoms with van der Waals surface area (Å²) in [5.41, 5.74) is 5.75. The van der Waals surface area contributed by atoms with Gasteiger partial charge in [-0.15, -0.1) is 0 Å². The van der Waals surface area contributed by atoms with Crippen molar-refractivity contribution in [3.05, 3.63) is 58.6 Å². The number of nitrogens with one attached hydrogen (secondary N) is 1. The molecule has 1 aromatic carbocycles. The van der Waals surface area contributed by atoms with Gasteiger partial charge in [-0.1, -0.05) is 11.6 Å². The zero-order valence-electron chi connectivity index (χ0n) is 10.1. The third-order valence-electron chi connectivity index (χ3n) is 2.48. The molecule has 0 fully saturated rings. The Hall–Kier alpha value is -2.47. The number of amides is 2. The van der Waals surface area contributed by atoms with Crippen molar-refractivity contribution in [3.63, 3.8) is 0 Å². The van der Waals surface area contributed by atoms with Gasteiger partial charge >= 0.3 is 0 Å². The number of pyridine rings is 1. The molecule has 0 bridgehead atoms. The van der Waals surface area contributed by atoms with E-state index in [0.29, 0.717) is 11.3 Å². The SMILES string of the molecule is NC(=O)c1ccc(NC(=O)c2cc(F)cnc2Cl)cc1. The molecule has 7 heteroatoms. The molecular weight excluding hydrogens is 285 g/mol. The summed E-state index contributed by atoms with van der Waals surface area (Å²) < 4.78 is 13.0. The van der Waals surface area contributed by atoms with Crippen molar-refractivity contribution < 1.29 is 14.0 Å². The molecule has 3 N–H and O–H groups in total. The number of primary amides is 1. The van der Waals surface area contributed by atoms with Crippen LogP contribution in [0.3, 0.4) is 0 Å². The van der Waals surface area contributed by atoms with Crippen molar-refractivity contribution >= 4 is 29.1 Å². The van der Waals surface area contributed by atoms with Gasteiger partial charge in [0, 0.05) is 11.3 Å². The van der Waals surface area contributed by atoms with Crippen LogP contribution in [0, 0.1) is 5.82 Å². The normalized spacial score (nSPS) is 10.1. The number of carbonyl (C=O) groups excluding carboxylic acids is 2. The summed E-state index contributed by atoms with van der Waals surface area (Å²) in [7, 11) is 0. The van der Waals surface area contributed by atoms with E-state index in [4.69, 9.17) is 17.3 Å². The van der Waals surface area contributed by atoms with Gasteiger partial charge in [-0.3, -0.25) is 9.59 Å². The topological polar surface area (TPSA) is 85.1 Å². The molecule has 0 aliphatic heterocycles. The molecule has 1 aromatic heterocycles. The maximum atomic E-state index is 13.0. The summed E-state index contributed by atoms with van der Waals surface area (Å²) in [5, 5.41) is 2.41. The highest BCUT2D eigenvalue weighted by Gasteiger charge is 2.13. The van der Waals surface area contributed by atoms with E-state index in [2.05, 4.69) is 10.3 Å². The second kappa shape index (κ2) is 5.66. The van der Waals surface area contributed by atoms with Crippen molar-refractivity contribution in [3.8, 4) is 0 Å². The van der Waals surface area contributed by atoms with E-state index in [-0.39, 0.29) is 10.7 Å². The summed E-state index contributed by atoms with van der Waals surface area (Å²) in [6.07, 6.45) is 0.917. The number of benzene rings is 1. The van der Waals surface area contributed by atoms with Crippen LogP contribution < -0.4 is 11.1 Å². The second-order valence-electron chi connectivity index (χ2n) is 3.89. The quantitative estimate of drug-likeness (QED) is 0.851. The first-order valence-electron chi connectivity index (χ1n) is 5.49. The summed E-state index contributed by atoms with van der Waals surface area (Å²) in [6.45, 7) is 0. The second-order valence-corrected chi connectivity index (χ2v) is 4.25. The van der Waals surface area contributed by atoms with Gasteiger partial charge in [0.05, 0.1) is 11.8 Å². The molecule has 2 rings (SSSR count). The first-order chi connectivity index (χ1) is 9.47. The van der Waals surface area contributed by atoms with Crippen LogP contribution in [0.15, 0.2) is 36.5 Å². The molecule has 0 radical (unpaired) electrons. The number of nitrogens with zero attached hydrogens (tertiary/aromatic N) is 1. The van der Waals surface area contributed by atoms with Crippen molar-refractivity contribution in [2.75, 3.05) is 5.32 Å². The van der Waals surface area contributed by atoms with Crippen LogP contribution in [0.5, 0.6) is 0 Å². The Morgan fingerprint density at radius 2 is 1.90 bits per heavy atom. The van der Waals surface area contributed by atoms with Crippen molar-refractivity contribution in [1.29, 1.82) is 0 Å². The van der Waals surface area contributed by atoms with Gasteiger partial charge in [-0.2, -0.15) is 0 Å². The van der Waals surface area contributed by atoms with Crippen molar-refractivity contribution in [2.45, 2.75) is 0 Å². The summed E-state index contributed by atoms with van der Waals surface area (Å²) in [4.78, 5) is 26.4. The number of aromatic nitrogens is 1. The maximum Gasteiger partial charge on any atom is 0.258 e. The number of halogens is 2. The van der Waals surface area contributed by atoms with Crippen LogP contribution in [-0.4, -0.2) is 16.8 Å². The lowest BCUT2D eigenvalue weighted by Gasteiger charge is -2.06. The molecule has 0 aliphatic carbocycles. The highest BCUT2D eigenvalue weighted by atomic mass is 35.5. The predicted octanol–water partition coefficient (Wildman–Crippen LogP) is 2.23. The van der Waals surface area contributed by atoms with Crippen LogP contribution in [0.4, 0.5) is 10.1 Å². The molecule has 2 aromatic rings. The summed E-state index contributed by atoms with van der Waals surface area (Å²) in [6, 6.07) is 6.91. The van der Waals surface area contributed by atoms with E-state index < -0.39 is 17.6 Å². The lowest BCUT2D eigenvalue weighted by atomic mass is 10.2. The van der Waals surface area contributed by atoms with Crippen LogP contribution in [0.1, 0.15) is 20.7 Å². The van der Waals surface area contributed by atoms with Gasteiger partial charge in [-0.05, 0) is 30.3 Å². The number of nitrogens with two attached hydrogens (primary N) is 1. The van der Waals surface area contributed by atoms with Gasteiger partial charge in [0.25, 0.3) is 5.91 Å². The number of hydrogen-bond acceptors (Lipinski definition) is 3. The first-order valence-corrected chi connectivity index (χ1v) is 5.87. The Bertz CT molecular complexity index is 674. The summed E-state index contributed by atoms with van der Waals surface area (Å²) in [5.74, 6) is -1.84. The van der Waals surface area contributed by atoms with Gasteiger partial charge in [-0.25, -0.2) is 9.37 Å². The van der Waals surface area contributed by atoms with Crippen LogP contribution in [-0.2, 0) is 0 Å². The molecule has 0 saturated heterocycles. The Kier molecular flexibility index (Phi) is 3.95. The van der Waals surface area contributed by atoms with Crippen LogP contribution in [0.25, 0.3) is 0 Å². The average molecular weight is 294 g/mol. The van der Waals surface area contributed by atoms with E-state index in [0.717, 1.165) is 12.3 Å². The molecule has 1 heterocycles. The molecule has 0 unspecified atom stereocenters. The Labute approximate surface area is 118 Å². The van der Waals surface area contributed by atoms with E-state index in [1.54, 1.807) is 0 Å². The third kappa shape index (κ3) is 3.10. The molecule has 0 spiro atoms. The van der Waals surface area contributed by atoms with E-state index in [1.807, 2.05) is 0 Å². The first kappa shape index (κ1) is 14.0. The van der Waals surface area contributed by atoms with Gasteiger partial charge in [0.1, 0.15) is 11.0 Å². The van der Waals surface area contributed by atoms with Crippen molar-refractivity contribution in [1.82, 2.24) is 4.98 Å². The molecule has 5 nitrogen and oxygen atoms in total. The fourth-order valence-corrected chi connectivity index (χ4v) is 1.69. The number of carbonyl (C=O) groups is 2. The minimum Gasteiger partial charge on any atom is -0.366 e. The number of hydrogen-bond donors (Lipinski definition) is 2. The number of anilines is 1. The van der Waals surface area contributed by atoms with Gasteiger partial charge in [0.2, 0.25) is 5.91 Å².